The number of benzene rings is 1. The Hall–Kier alpha value is -2.70. The normalized spacial score (nSPS) is 25.4. The lowest BCUT2D eigenvalue weighted by Gasteiger charge is -2.37. The highest BCUT2D eigenvalue weighted by atomic mass is 28.4. The summed E-state index contributed by atoms with van der Waals surface area (Å²) < 4.78 is 27.4. The maximum Gasteiger partial charge on any atom is 0.256 e. The first-order valence-electron chi connectivity index (χ1n) is 12.6. The van der Waals surface area contributed by atoms with Crippen LogP contribution in [0.4, 0.5) is 5.82 Å². The number of nitrogens with zero attached hydrogens (tertiary/aromatic N) is 4. The molecule has 0 bridgehead atoms. The highest BCUT2D eigenvalue weighted by molar-refractivity contribution is 6.74. The first kappa shape index (κ1) is 25.9. The van der Waals surface area contributed by atoms with E-state index in [2.05, 4.69) is 54.1 Å². The fraction of sp³-hybridized carbons (Fsp3) is 0.538. The molecule has 198 valence electrons. The summed E-state index contributed by atoms with van der Waals surface area (Å²) >= 11 is 0. The highest BCUT2D eigenvalue weighted by Gasteiger charge is 2.56. The molecule has 1 aromatic carbocycles. The van der Waals surface area contributed by atoms with Gasteiger partial charge in [-0.3, -0.25) is 9.36 Å². The van der Waals surface area contributed by atoms with Gasteiger partial charge in [0.2, 0.25) is 0 Å². The third-order valence-electron chi connectivity index (χ3n) is 7.44. The third-order valence-corrected chi connectivity index (χ3v) is 11.9. The van der Waals surface area contributed by atoms with Crippen molar-refractivity contribution < 1.29 is 23.4 Å². The first-order chi connectivity index (χ1) is 17.4. The SMILES string of the molecule is CC1(C)O[C@@H]2[C@H](O1)[C@@H](CO[Si](C)(C)C(C)(C)C)O[C@H]2n1cnc2c(NC(=O)c3ccccc3)ncnc21. The summed E-state index contributed by atoms with van der Waals surface area (Å²) in [5, 5.41) is 2.92. The Labute approximate surface area is 217 Å². The zero-order valence-corrected chi connectivity index (χ0v) is 23.4. The van der Waals surface area contributed by atoms with Crippen molar-refractivity contribution in [2.75, 3.05) is 11.9 Å². The Morgan fingerprint density at radius 3 is 2.51 bits per heavy atom. The van der Waals surface area contributed by atoms with Crippen LogP contribution >= 0.6 is 0 Å². The summed E-state index contributed by atoms with van der Waals surface area (Å²) in [5.74, 6) is -0.703. The Morgan fingerprint density at radius 1 is 1.11 bits per heavy atom. The number of rotatable bonds is 6. The van der Waals surface area contributed by atoms with E-state index in [1.165, 1.54) is 6.33 Å². The van der Waals surface area contributed by atoms with Crippen LogP contribution < -0.4 is 5.32 Å². The summed E-state index contributed by atoms with van der Waals surface area (Å²) in [6.07, 6.45) is 1.52. The minimum absolute atomic E-state index is 0.0781. The number of hydrogen-bond acceptors (Lipinski definition) is 8. The molecule has 1 amide bonds. The van der Waals surface area contributed by atoms with E-state index >= 15 is 0 Å². The number of amides is 1. The van der Waals surface area contributed by atoms with Gasteiger partial charge in [0, 0.05) is 5.56 Å². The zero-order chi connectivity index (χ0) is 26.6. The van der Waals surface area contributed by atoms with Crippen LogP contribution in [0.25, 0.3) is 11.2 Å². The second kappa shape index (κ2) is 9.24. The van der Waals surface area contributed by atoms with Crippen LogP contribution in [0.3, 0.4) is 0 Å². The van der Waals surface area contributed by atoms with Crippen molar-refractivity contribution in [3.8, 4) is 0 Å². The lowest BCUT2D eigenvalue weighted by molar-refractivity contribution is -0.199. The fourth-order valence-corrected chi connectivity index (χ4v) is 5.44. The molecule has 2 aliphatic rings. The number of aromatic nitrogens is 4. The Balaban J connectivity index is 1.41. The van der Waals surface area contributed by atoms with Crippen LogP contribution in [0.2, 0.25) is 18.1 Å². The highest BCUT2D eigenvalue weighted by Crippen LogP contribution is 2.45. The number of hydrogen-bond donors (Lipinski definition) is 1. The number of imidazole rings is 1. The number of carbonyl (C=O) groups excluding carboxylic acids is 1. The van der Waals surface area contributed by atoms with E-state index in [4.69, 9.17) is 18.6 Å². The van der Waals surface area contributed by atoms with Crippen molar-refractivity contribution in [2.45, 2.75) is 83.1 Å². The second-order valence-corrected chi connectivity index (χ2v) is 16.4. The van der Waals surface area contributed by atoms with Crippen molar-refractivity contribution in [2.24, 2.45) is 0 Å². The van der Waals surface area contributed by atoms with Gasteiger partial charge in [-0.15, -0.1) is 0 Å². The van der Waals surface area contributed by atoms with Gasteiger partial charge in [0.25, 0.3) is 5.91 Å². The molecule has 0 radical (unpaired) electrons. The van der Waals surface area contributed by atoms with E-state index in [0.717, 1.165) is 0 Å². The molecule has 37 heavy (non-hydrogen) atoms. The number of nitrogens with one attached hydrogen (secondary N) is 1. The molecule has 2 aliphatic heterocycles. The monoisotopic (exact) mass is 525 g/mol. The molecule has 1 N–H and O–H groups in total. The minimum atomic E-state index is -1.99. The molecule has 3 aromatic rings. The predicted molar refractivity (Wildman–Crippen MR) is 141 cm³/mol. The summed E-state index contributed by atoms with van der Waals surface area (Å²) in [6, 6.07) is 8.96. The van der Waals surface area contributed by atoms with Gasteiger partial charge in [-0.1, -0.05) is 39.0 Å². The fourth-order valence-electron chi connectivity index (χ4n) is 4.42. The molecule has 5 rings (SSSR count). The minimum Gasteiger partial charge on any atom is -0.414 e. The van der Waals surface area contributed by atoms with Crippen LogP contribution in [0.5, 0.6) is 0 Å². The maximum absolute atomic E-state index is 12.7. The summed E-state index contributed by atoms with van der Waals surface area (Å²) in [4.78, 5) is 26.0. The van der Waals surface area contributed by atoms with Crippen molar-refractivity contribution >= 4 is 31.2 Å². The van der Waals surface area contributed by atoms with Gasteiger partial charge < -0.3 is 24.0 Å². The van der Waals surface area contributed by atoms with Gasteiger partial charge in [-0.25, -0.2) is 15.0 Å². The molecular formula is C26H35N5O5Si. The summed E-state index contributed by atoms with van der Waals surface area (Å²) in [5.41, 5.74) is 1.52. The molecule has 4 atom stereocenters. The molecule has 0 saturated carbocycles. The topological polar surface area (TPSA) is 110 Å². The third kappa shape index (κ3) is 4.93. The second-order valence-electron chi connectivity index (χ2n) is 11.6. The standard InChI is InChI=1S/C26H35N5O5Si/c1-25(2,3)37(6,7)33-13-17-19-20(36-26(4,5)35-19)24(34-17)31-15-29-18-21(27-14-28-22(18)31)30-23(32)16-11-9-8-10-12-16/h8-12,14-15,17,19-20,24H,13H2,1-7H3,(H,27,28,30,32)/t17-,19-,20-,24-/m1/s1. The number of anilines is 1. The van der Waals surface area contributed by atoms with E-state index in [-0.39, 0.29) is 29.3 Å². The van der Waals surface area contributed by atoms with Crippen molar-refractivity contribution in [1.82, 2.24) is 19.5 Å². The molecule has 10 nitrogen and oxygen atoms in total. The molecule has 2 fully saturated rings. The quantitative estimate of drug-likeness (QED) is 0.468. The van der Waals surface area contributed by atoms with Crippen LogP contribution in [0.15, 0.2) is 43.0 Å². The smallest absolute Gasteiger partial charge is 0.256 e. The van der Waals surface area contributed by atoms with Crippen LogP contribution in [-0.2, 0) is 18.6 Å². The van der Waals surface area contributed by atoms with Gasteiger partial charge in [0.1, 0.15) is 24.6 Å². The maximum atomic E-state index is 12.7. The van der Waals surface area contributed by atoms with Crippen molar-refractivity contribution in [3.63, 3.8) is 0 Å². The van der Waals surface area contributed by atoms with Gasteiger partial charge in [-0.2, -0.15) is 0 Å². The number of ether oxygens (including phenoxy) is 3. The molecule has 11 heteroatoms. The molecule has 2 saturated heterocycles. The number of carbonyl (C=O) groups is 1. The molecule has 0 aliphatic carbocycles. The predicted octanol–water partition coefficient (Wildman–Crippen LogP) is 4.52. The average Bonchev–Trinajstić information content (AvgIpc) is 3.49. The van der Waals surface area contributed by atoms with E-state index in [0.29, 0.717) is 29.2 Å². The van der Waals surface area contributed by atoms with E-state index in [1.807, 2.05) is 36.6 Å². The molecular weight excluding hydrogens is 490 g/mol. The van der Waals surface area contributed by atoms with E-state index in [9.17, 15) is 4.79 Å². The first-order valence-corrected chi connectivity index (χ1v) is 15.5. The Bertz CT molecular complexity index is 1290. The lowest BCUT2D eigenvalue weighted by atomic mass is 10.1. The lowest BCUT2D eigenvalue weighted by Crippen LogP contribution is -2.44. The van der Waals surface area contributed by atoms with Crippen LogP contribution in [-0.4, -0.2) is 64.4 Å². The van der Waals surface area contributed by atoms with Gasteiger partial charge >= 0.3 is 0 Å². The zero-order valence-electron chi connectivity index (χ0n) is 22.4. The Kier molecular flexibility index (Phi) is 6.48. The summed E-state index contributed by atoms with van der Waals surface area (Å²) in [7, 11) is -1.99. The van der Waals surface area contributed by atoms with E-state index in [1.54, 1.807) is 18.5 Å². The van der Waals surface area contributed by atoms with Crippen molar-refractivity contribution in [1.29, 1.82) is 0 Å². The van der Waals surface area contributed by atoms with Crippen LogP contribution in [0.1, 0.15) is 51.2 Å². The van der Waals surface area contributed by atoms with Crippen molar-refractivity contribution in [3.05, 3.63) is 48.5 Å². The Morgan fingerprint density at radius 2 is 1.81 bits per heavy atom. The average molecular weight is 526 g/mol. The molecule has 0 spiro atoms. The van der Waals surface area contributed by atoms with Gasteiger partial charge in [0.05, 0.1) is 12.9 Å². The molecule has 4 heterocycles. The van der Waals surface area contributed by atoms with Gasteiger partial charge in [0.15, 0.2) is 37.3 Å². The molecule has 2 aromatic heterocycles. The molecule has 0 unspecified atom stereocenters. The van der Waals surface area contributed by atoms with E-state index < -0.39 is 20.3 Å². The largest absolute Gasteiger partial charge is 0.414 e. The number of fused-ring (bicyclic) bond motifs is 2. The van der Waals surface area contributed by atoms with Crippen LogP contribution in [0, 0.1) is 0 Å². The van der Waals surface area contributed by atoms with Gasteiger partial charge in [-0.05, 0) is 44.1 Å². The summed E-state index contributed by atoms with van der Waals surface area (Å²) in [6.45, 7) is 15.3.